The highest BCUT2D eigenvalue weighted by molar-refractivity contribution is 7.91. The van der Waals surface area contributed by atoms with Gasteiger partial charge in [0.2, 0.25) is 10.0 Å². The van der Waals surface area contributed by atoms with Crippen LogP contribution >= 0.6 is 0 Å². The Labute approximate surface area is 130 Å². The standard InChI is InChI=1S/C13H18N2O5S2/c1-15(2)22(19,20)12-5-3-4-10(8-12)13(16)14-11-6-7-21(17,18)9-11/h3-5,8,11H,6-7,9H2,1-2H3,(H,14,16)/t11-/m1/s1. The number of carbonyl (C=O) groups excluding carboxylic acids is 1. The Bertz CT molecular complexity index is 784. The van der Waals surface area contributed by atoms with E-state index in [-0.39, 0.29) is 22.0 Å². The van der Waals surface area contributed by atoms with Crippen molar-refractivity contribution < 1.29 is 21.6 Å². The number of nitrogens with zero attached hydrogens (tertiary/aromatic N) is 1. The molecule has 122 valence electrons. The second-order valence-corrected chi connectivity index (χ2v) is 9.77. The molecule has 1 aromatic carbocycles. The van der Waals surface area contributed by atoms with Crippen molar-refractivity contribution in [2.45, 2.75) is 17.4 Å². The molecule has 22 heavy (non-hydrogen) atoms. The molecular formula is C13H18N2O5S2. The van der Waals surface area contributed by atoms with E-state index in [1.54, 1.807) is 0 Å². The third kappa shape index (κ3) is 3.65. The second-order valence-electron chi connectivity index (χ2n) is 5.39. The van der Waals surface area contributed by atoms with E-state index in [4.69, 9.17) is 0 Å². The summed E-state index contributed by atoms with van der Waals surface area (Å²) < 4.78 is 47.9. The predicted molar refractivity (Wildman–Crippen MR) is 81.8 cm³/mol. The Morgan fingerprint density at radius 2 is 2.00 bits per heavy atom. The number of sulfone groups is 1. The Hall–Kier alpha value is -1.45. The minimum Gasteiger partial charge on any atom is -0.348 e. The largest absolute Gasteiger partial charge is 0.348 e. The summed E-state index contributed by atoms with van der Waals surface area (Å²) in [7, 11) is -3.89. The van der Waals surface area contributed by atoms with Gasteiger partial charge in [0, 0.05) is 25.7 Å². The van der Waals surface area contributed by atoms with Crippen LogP contribution in [0.25, 0.3) is 0 Å². The average Bonchev–Trinajstić information content (AvgIpc) is 2.77. The Kier molecular flexibility index (Phi) is 4.59. The molecule has 2 rings (SSSR count). The second kappa shape index (κ2) is 5.98. The molecule has 0 aromatic heterocycles. The third-order valence-corrected chi connectivity index (χ3v) is 7.02. The van der Waals surface area contributed by atoms with Crippen LogP contribution in [0.3, 0.4) is 0 Å². The van der Waals surface area contributed by atoms with E-state index in [2.05, 4.69) is 5.32 Å². The van der Waals surface area contributed by atoms with Crippen molar-refractivity contribution in [3.8, 4) is 0 Å². The fourth-order valence-corrected chi connectivity index (χ4v) is 4.81. The number of carbonyl (C=O) groups is 1. The van der Waals surface area contributed by atoms with Gasteiger partial charge in [0.1, 0.15) is 0 Å². The zero-order valence-corrected chi connectivity index (χ0v) is 13.9. The van der Waals surface area contributed by atoms with Gasteiger partial charge in [-0.25, -0.2) is 21.1 Å². The van der Waals surface area contributed by atoms with Gasteiger partial charge in [-0.1, -0.05) is 6.07 Å². The molecule has 0 spiro atoms. The van der Waals surface area contributed by atoms with Gasteiger partial charge in [0.05, 0.1) is 16.4 Å². The van der Waals surface area contributed by atoms with Gasteiger partial charge in [0.15, 0.2) is 9.84 Å². The van der Waals surface area contributed by atoms with Gasteiger partial charge in [-0.2, -0.15) is 0 Å². The van der Waals surface area contributed by atoms with Crippen LogP contribution < -0.4 is 5.32 Å². The number of benzene rings is 1. The van der Waals surface area contributed by atoms with Crippen molar-refractivity contribution in [2.75, 3.05) is 25.6 Å². The van der Waals surface area contributed by atoms with E-state index in [0.717, 1.165) is 4.31 Å². The Balaban J connectivity index is 2.18. The van der Waals surface area contributed by atoms with Crippen molar-refractivity contribution in [3.63, 3.8) is 0 Å². The lowest BCUT2D eigenvalue weighted by Gasteiger charge is -2.14. The number of sulfonamides is 1. The first kappa shape index (κ1) is 16.9. The summed E-state index contributed by atoms with van der Waals surface area (Å²) in [5.41, 5.74) is 0.187. The van der Waals surface area contributed by atoms with Gasteiger partial charge in [-0.3, -0.25) is 4.79 Å². The highest BCUT2D eigenvalue weighted by Gasteiger charge is 2.29. The van der Waals surface area contributed by atoms with Crippen molar-refractivity contribution in [1.29, 1.82) is 0 Å². The van der Waals surface area contributed by atoms with Crippen LogP contribution in [0.1, 0.15) is 16.8 Å². The molecular weight excluding hydrogens is 328 g/mol. The molecule has 1 saturated heterocycles. The smallest absolute Gasteiger partial charge is 0.251 e. The topological polar surface area (TPSA) is 101 Å². The van der Waals surface area contributed by atoms with Crippen LogP contribution in [-0.4, -0.2) is 58.7 Å². The van der Waals surface area contributed by atoms with Crippen LogP contribution in [0.5, 0.6) is 0 Å². The maximum atomic E-state index is 12.1. The van der Waals surface area contributed by atoms with E-state index in [0.29, 0.717) is 6.42 Å². The molecule has 7 nitrogen and oxygen atoms in total. The summed E-state index contributed by atoms with van der Waals surface area (Å²) >= 11 is 0. The van der Waals surface area contributed by atoms with Gasteiger partial charge >= 0.3 is 0 Å². The molecule has 1 aliphatic heterocycles. The number of hydrogen-bond acceptors (Lipinski definition) is 5. The predicted octanol–water partition coefficient (Wildman–Crippen LogP) is -0.146. The van der Waals surface area contributed by atoms with Crippen molar-refractivity contribution >= 4 is 25.8 Å². The molecule has 9 heteroatoms. The summed E-state index contributed by atoms with van der Waals surface area (Å²) in [6, 6.07) is 5.25. The lowest BCUT2D eigenvalue weighted by molar-refractivity contribution is 0.0941. The third-order valence-electron chi connectivity index (χ3n) is 3.44. The van der Waals surface area contributed by atoms with Crippen LogP contribution in [0, 0.1) is 0 Å². The lowest BCUT2D eigenvalue weighted by Crippen LogP contribution is -2.35. The summed E-state index contributed by atoms with van der Waals surface area (Å²) in [6.07, 6.45) is 0.379. The Morgan fingerprint density at radius 3 is 2.55 bits per heavy atom. The molecule has 1 fully saturated rings. The summed E-state index contributed by atoms with van der Waals surface area (Å²) in [5, 5.41) is 2.63. The quantitative estimate of drug-likeness (QED) is 0.817. The highest BCUT2D eigenvalue weighted by Crippen LogP contribution is 2.16. The maximum absolute atomic E-state index is 12.1. The summed E-state index contributed by atoms with van der Waals surface area (Å²) in [4.78, 5) is 12.2. The van der Waals surface area contributed by atoms with E-state index in [9.17, 15) is 21.6 Å². The molecule has 1 aromatic rings. The molecule has 0 saturated carbocycles. The molecule has 0 bridgehead atoms. The molecule has 1 atom stereocenters. The number of rotatable bonds is 4. The fraction of sp³-hybridized carbons (Fsp3) is 0.462. The first-order valence-electron chi connectivity index (χ1n) is 6.66. The SMILES string of the molecule is CN(C)S(=O)(=O)c1cccc(C(=O)N[C@@H]2CCS(=O)(=O)C2)c1. The number of nitrogens with one attached hydrogen (secondary N) is 1. The number of hydrogen-bond donors (Lipinski definition) is 1. The zero-order valence-electron chi connectivity index (χ0n) is 12.3. The van der Waals surface area contributed by atoms with Crippen molar-refractivity contribution in [2.24, 2.45) is 0 Å². The average molecular weight is 346 g/mol. The van der Waals surface area contributed by atoms with Gasteiger partial charge < -0.3 is 5.32 Å². The minimum atomic E-state index is -3.62. The van der Waals surface area contributed by atoms with Gasteiger partial charge in [-0.15, -0.1) is 0 Å². The minimum absolute atomic E-state index is 0.0178. The van der Waals surface area contributed by atoms with E-state index < -0.39 is 31.8 Å². The van der Waals surface area contributed by atoms with Crippen molar-refractivity contribution in [1.82, 2.24) is 9.62 Å². The van der Waals surface area contributed by atoms with Gasteiger partial charge in [0.25, 0.3) is 5.91 Å². The highest BCUT2D eigenvalue weighted by atomic mass is 32.2. The van der Waals surface area contributed by atoms with Crippen LogP contribution in [-0.2, 0) is 19.9 Å². The Morgan fingerprint density at radius 1 is 1.32 bits per heavy atom. The number of amides is 1. The van der Waals surface area contributed by atoms with Gasteiger partial charge in [-0.05, 0) is 24.6 Å². The van der Waals surface area contributed by atoms with Crippen molar-refractivity contribution in [3.05, 3.63) is 29.8 Å². The normalized spacial score (nSPS) is 21.0. The van der Waals surface area contributed by atoms with E-state index in [1.165, 1.54) is 38.4 Å². The van der Waals surface area contributed by atoms with Crippen LogP contribution in [0.4, 0.5) is 0 Å². The molecule has 0 aliphatic carbocycles. The molecule has 0 radical (unpaired) electrons. The van der Waals surface area contributed by atoms with Crippen LogP contribution in [0.2, 0.25) is 0 Å². The van der Waals surface area contributed by atoms with E-state index in [1.807, 2.05) is 0 Å². The first-order chi connectivity index (χ1) is 10.1. The summed E-state index contributed by atoms with van der Waals surface area (Å²) in [5.74, 6) is -0.487. The molecule has 1 aliphatic rings. The molecule has 0 unspecified atom stereocenters. The molecule has 1 amide bonds. The van der Waals surface area contributed by atoms with E-state index >= 15 is 0 Å². The first-order valence-corrected chi connectivity index (χ1v) is 9.92. The zero-order chi connectivity index (χ0) is 16.5. The lowest BCUT2D eigenvalue weighted by atomic mass is 10.2. The fourth-order valence-electron chi connectivity index (χ4n) is 2.19. The monoisotopic (exact) mass is 346 g/mol. The van der Waals surface area contributed by atoms with Crippen LogP contribution in [0.15, 0.2) is 29.2 Å². The maximum Gasteiger partial charge on any atom is 0.251 e. The molecule has 1 N–H and O–H groups in total. The molecule has 1 heterocycles. The summed E-state index contributed by atoms with van der Waals surface area (Å²) in [6.45, 7) is 0.